The first-order chi connectivity index (χ1) is 7.31. The number of aliphatic hydroxyl groups excluding tert-OH is 1. The van der Waals surface area contributed by atoms with Crippen LogP contribution < -0.4 is 0 Å². The molecule has 0 radical (unpaired) electrons. The molecular weight excluding hydrogens is 194 g/mol. The Bertz CT molecular complexity index is 393. The van der Waals surface area contributed by atoms with Gasteiger partial charge in [0.1, 0.15) is 6.54 Å². The van der Waals surface area contributed by atoms with Gasteiger partial charge in [-0.05, 0) is 11.6 Å². The molecule has 0 aliphatic heterocycles. The summed E-state index contributed by atoms with van der Waals surface area (Å²) in [7, 11) is 0. The fraction of sp³-hybridized carbons (Fsp3) is 0.400. The van der Waals surface area contributed by atoms with E-state index in [0.29, 0.717) is 18.3 Å². The van der Waals surface area contributed by atoms with E-state index in [1.807, 2.05) is 30.0 Å². The summed E-state index contributed by atoms with van der Waals surface area (Å²) in [5.41, 5.74) is 0.880. The van der Waals surface area contributed by atoms with Crippen molar-refractivity contribution in [2.45, 2.75) is 26.5 Å². The Kier molecular flexibility index (Phi) is 2.82. The zero-order valence-corrected chi connectivity index (χ0v) is 8.55. The molecule has 1 N–H and O–H groups in total. The fourth-order valence-corrected chi connectivity index (χ4v) is 1.33. The van der Waals surface area contributed by atoms with Crippen LogP contribution in [0.4, 0.5) is 0 Å². The molecule has 2 heterocycles. The lowest BCUT2D eigenvalue weighted by Gasteiger charge is -1.96. The maximum Gasteiger partial charge on any atom is 0.236 e. The molecule has 15 heavy (non-hydrogen) atoms. The molecule has 0 unspecified atom stereocenters. The average Bonchev–Trinajstić information content (AvgIpc) is 2.87. The van der Waals surface area contributed by atoms with E-state index in [1.54, 1.807) is 0 Å². The normalized spacial score (nSPS) is 10.8. The van der Waals surface area contributed by atoms with Crippen molar-refractivity contribution in [3.63, 3.8) is 0 Å². The van der Waals surface area contributed by atoms with Crippen molar-refractivity contribution in [1.29, 1.82) is 0 Å². The quantitative estimate of drug-likeness (QED) is 0.811. The van der Waals surface area contributed by atoms with Crippen LogP contribution in [-0.4, -0.2) is 19.9 Å². The molecule has 2 aromatic rings. The van der Waals surface area contributed by atoms with Crippen LogP contribution in [0.5, 0.6) is 0 Å². The summed E-state index contributed by atoms with van der Waals surface area (Å²) in [5, 5.41) is 16.7. The third-order valence-electron chi connectivity index (χ3n) is 2.12. The maximum absolute atomic E-state index is 8.89. The highest BCUT2D eigenvalue weighted by atomic mass is 16.4. The number of hydrogen-bond donors (Lipinski definition) is 1. The minimum absolute atomic E-state index is 0.0526. The molecule has 2 rings (SSSR count). The third-order valence-corrected chi connectivity index (χ3v) is 2.12. The van der Waals surface area contributed by atoms with Crippen molar-refractivity contribution < 1.29 is 9.52 Å². The Hall–Kier alpha value is -1.62. The van der Waals surface area contributed by atoms with E-state index < -0.39 is 0 Å². The first-order valence-electron chi connectivity index (χ1n) is 4.88. The number of nitrogens with zero attached hydrogens (tertiary/aromatic N) is 3. The highest BCUT2D eigenvalue weighted by Crippen LogP contribution is 2.06. The molecule has 80 valence electrons. The monoisotopic (exact) mass is 207 g/mol. The molecule has 0 saturated carbocycles. The number of aromatic nitrogens is 3. The van der Waals surface area contributed by atoms with Crippen LogP contribution in [0.3, 0.4) is 0 Å². The van der Waals surface area contributed by atoms with Gasteiger partial charge in [-0.2, -0.15) is 0 Å². The Morgan fingerprint density at radius 2 is 2.20 bits per heavy atom. The highest BCUT2D eigenvalue weighted by Gasteiger charge is 2.04. The summed E-state index contributed by atoms with van der Waals surface area (Å²) in [6.45, 7) is 2.57. The molecule has 0 saturated heterocycles. The van der Waals surface area contributed by atoms with Gasteiger partial charge in [-0.1, -0.05) is 6.92 Å². The number of aliphatic hydroxyl groups is 1. The summed E-state index contributed by atoms with van der Waals surface area (Å²) in [6.07, 6.45) is 4.48. The molecule has 2 aromatic heterocycles. The molecule has 0 aliphatic carbocycles. The lowest BCUT2D eigenvalue weighted by Crippen LogP contribution is -1.96. The molecule has 0 aromatic carbocycles. The van der Waals surface area contributed by atoms with Gasteiger partial charge in [0.15, 0.2) is 0 Å². The van der Waals surface area contributed by atoms with Crippen LogP contribution in [0.1, 0.15) is 24.3 Å². The van der Waals surface area contributed by atoms with Crippen LogP contribution >= 0.6 is 0 Å². The predicted octanol–water partition coefficient (Wildman–Crippen LogP) is 0.974. The Balaban J connectivity index is 2.07. The van der Waals surface area contributed by atoms with Crippen LogP contribution in [0.25, 0.3) is 0 Å². The molecule has 5 heteroatoms. The zero-order chi connectivity index (χ0) is 10.7. The summed E-state index contributed by atoms with van der Waals surface area (Å²) >= 11 is 0. The lowest BCUT2D eigenvalue weighted by atomic mass is 10.4. The molecule has 5 nitrogen and oxygen atoms in total. The molecule has 0 spiro atoms. The molecule has 0 fully saturated rings. The molecule has 0 atom stereocenters. The molecule has 0 aliphatic rings. The standard InChI is InChI=1S/C10H13N3O2/c1-2-9-11-12-10(15-9)6-13-4-3-8(5-13)7-14/h3-5,14H,2,6-7H2,1H3. The second kappa shape index (κ2) is 4.27. The van der Waals surface area contributed by atoms with Crippen molar-refractivity contribution in [3.05, 3.63) is 35.8 Å². The van der Waals surface area contributed by atoms with E-state index in [1.165, 1.54) is 0 Å². The van der Waals surface area contributed by atoms with E-state index >= 15 is 0 Å². The van der Waals surface area contributed by atoms with Crippen molar-refractivity contribution in [1.82, 2.24) is 14.8 Å². The van der Waals surface area contributed by atoms with Gasteiger partial charge < -0.3 is 14.1 Å². The van der Waals surface area contributed by atoms with E-state index in [9.17, 15) is 0 Å². The smallest absolute Gasteiger partial charge is 0.236 e. The summed E-state index contributed by atoms with van der Waals surface area (Å²) in [5.74, 6) is 1.24. The van der Waals surface area contributed by atoms with Crippen LogP contribution in [0.2, 0.25) is 0 Å². The van der Waals surface area contributed by atoms with Crippen LogP contribution in [0, 0.1) is 0 Å². The summed E-state index contributed by atoms with van der Waals surface area (Å²) in [4.78, 5) is 0. The summed E-state index contributed by atoms with van der Waals surface area (Å²) < 4.78 is 7.28. The van der Waals surface area contributed by atoms with E-state index in [4.69, 9.17) is 9.52 Å². The van der Waals surface area contributed by atoms with Gasteiger partial charge in [0, 0.05) is 18.8 Å². The third kappa shape index (κ3) is 2.24. The first-order valence-corrected chi connectivity index (χ1v) is 4.88. The first kappa shape index (κ1) is 9.92. The van der Waals surface area contributed by atoms with Crippen molar-refractivity contribution >= 4 is 0 Å². The van der Waals surface area contributed by atoms with Crippen molar-refractivity contribution in [2.75, 3.05) is 0 Å². The Morgan fingerprint density at radius 1 is 1.40 bits per heavy atom. The van der Waals surface area contributed by atoms with Crippen LogP contribution in [0.15, 0.2) is 22.9 Å². The minimum Gasteiger partial charge on any atom is -0.423 e. The topological polar surface area (TPSA) is 64.1 Å². The van der Waals surface area contributed by atoms with Crippen molar-refractivity contribution in [2.24, 2.45) is 0 Å². The largest absolute Gasteiger partial charge is 0.423 e. The highest BCUT2D eigenvalue weighted by molar-refractivity contribution is 5.09. The second-order valence-corrected chi connectivity index (χ2v) is 3.29. The average molecular weight is 207 g/mol. The molecule has 0 amide bonds. The van der Waals surface area contributed by atoms with Gasteiger partial charge in [0.25, 0.3) is 0 Å². The number of hydrogen-bond acceptors (Lipinski definition) is 4. The maximum atomic E-state index is 8.89. The van der Waals surface area contributed by atoms with Gasteiger partial charge in [-0.25, -0.2) is 0 Å². The Labute approximate surface area is 87.4 Å². The van der Waals surface area contributed by atoms with Crippen LogP contribution in [-0.2, 0) is 19.6 Å². The van der Waals surface area contributed by atoms with Crippen molar-refractivity contribution in [3.8, 4) is 0 Å². The van der Waals surface area contributed by atoms with E-state index in [0.717, 1.165) is 12.0 Å². The predicted molar refractivity (Wildman–Crippen MR) is 53.1 cm³/mol. The lowest BCUT2D eigenvalue weighted by molar-refractivity contribution is 0.281. The van der Waals surface area contributed by atoms with Gasteiger partial charge in [0.05, 0.1) is 6.61 Å². The van der Waals surface area contributed by atoms with Gasteiger partial charge in [-0.3, -0.25) is 0 Å². The number of rotatable bonds is 4. The van der Waals surface area contributed by atoms with E-state index in [2.05, 4.69) is 10.2 Å². The van der Waals surface area contributed by atoms with Gasteiger partial charge in [-0.15, -0.1) is 10.2 Å². The SMILES string of the molecule is CCc1nnc(Cn2ccc(CO)c2)o1. The molecule has 0 bridgehead atoms. The van der Waals surface area contributed by atoms with Gasteiger partial charge in [0.2, 0.25) is 11.8 Å². The number of aryl methyl sites for hydroxylation is 1. The fourth-order valence-electron chi connectivity index (χ4n) is 1.33. The summed E-state index contributed by atoms with van der Waals surface area (Å²) in [6, 6.07) is 1.86. The Morgan fingerprint density at radius 3 is 2.80 bits per heavy atom. The minimum atomic E-state index is 0.0526. The van der Waals surface area contributed by atoms with E-state index in [-0.39, 0.29) is 6.61 Å². The second-order valence-electron chi connectivity index (χ2n) is 3.29. The zero-order valence-electron chi connectivity index (χ0n) is 8.55. The molecular formula is C10H13N3O2. The van der Waals surface area contributed by atoms with Gasteiger partial charge >= 0.3 is 0 Å².